The minimum atomic E-state index is -0.439. The average molecular weight is 425 g/mol. The van der Waals surface area contributed by atoms with Gasteiger partial charge < -0.3 is 20.0 Å². The van der Waals surface area contributed by atoms with Crippen molar-refractivity contribution in [2.45, 2.75) is 19.5 Å². The van der Waals surface area contributed by atoms with Crippen molar-refractivity contribution in [3.8, 4) is 0 Å². The van der Waals surface area contributed by atoms with Gasteiger partial charge in [0.05, 0.1) is 6.54 Å². The molecule has 3 amide bonds. The van der Waals surface area contributed by atoms with Crippen molar-refractivity contribution >= 4 is 17.7 Å². The van der Waals surface area contributed by atoms with Crippen LogP contribution in [0.4, 0.5) is 0 Å². The van der Waals surface area contributed by atoms with E-state index >= 15 is 0 Å². The third-order valence-corrected chi connectivity index (χ3v) is 5.79. The highest BCUT2D eigenvalue weighted by atomic mass is 16.2. The zero-order chi connectivity index (χ0) is 21.8. The van der Waals surface area contributed by atoms with Crippen LogP contribution in [-0.2, 0) is 17.9 Å². The molecule has 4 rings (SSSR count). The summed E-state index contributed by atoms with van der Waals surface area (Å²) in [4.78, 5) is 43.7. The number of hydrogen-bond acceptors (Lipinski definition) is 5. The molecule has 1 saturated heterocycles. The van der Waals surface area contributed by atoms with Gasteiger partial charge in [0.15, 0.2) is 5.69 Å². The fourth-order valence-corrected chi connectivity index (χ4v) is 3.91. The lowest BCUT2D eigenvalue weighted by Gasteiger charge is -2.32. The molecule has 1 N–H and O–H groups in total. The molecule has 9 nitrogen and oxygen atoms in total. The van der Waals surface area contributed by atoms with Gasteiger partial charge in [0.1, 0.15) is 5.69 Å². The van der Waals surface area contributed by atoms with Gasteiger partial charge in [-0.2, -0.15) is 5.10 Å². The summed E-state index contributed by atoms with van der Waals surface area (Å²) in [6, 6.07) is 11.4. The van der Waals surface area contributed by atoms with Crippen LogP contribution in [0.5, 0.6) is 0 Å². The maximum absolute atomic E-state index is 13.0. The molecule has 1 aromatic heterocycles. The highest BCUT2D eigenvalue weighted by molar-refractivity contribution is 5.99. The van der Waals surface area contributed by atoms with Crippen LogP contribution in [0.3, 0.4) is 0 Å². The van der Waals surface area contributed by atoms with Gasteiger partial charge in [0.25, 0.3) is 11.8 Å². The SMILES string of the molecule is CN1CCN(C(=O)CNC(=O)c2cc3n(n2)CCCN(Cc2ccccc2)C3=O)CC1. The first-order valence-electron chi connectivity index (χ1n) is 10.7. The minimum absolute atomic E-state index is 0.0706. The van der Waals surface area contributed by atoms with E-state index in [2.05, 4.69) is 15.3 Å². The molecule has 0 spiro atoms. The Morgan fingerprint density at radius 2 is 1.77 bits per heavy atom. The lowest BCUT2D eigenvalue weighted by molar-refractivity contribution is -0.131. The Morgan fingerprint density at radius 3 is 2.52 bits per heavy atom. The zero-order valence-corrected chi connectivity index (χ0v) is 17.8. The van der Waals surface area contributed by atoms with Gasteiger partial charge in [0.2, 0.25) is 5.91 Å². The zero-order valence-electron chi connectivity index (χ0n) is 17.8. The van der Waals surface area contributed by atoms with Crippen LogP contribution in [0.2, 0.25) is 0 Å². The van der Waals surface area contributed by atoms with Gasteiger partial charge >= 0.3 is 0 Å². The van der Waals surface area contributed by atoms with Crippen molar-refractivity contribution < 1.29 is 14.4 Å². The van der Waals surface area contributed by atoms with Crippen LogP contribution in [0.25, 0.3) is 0 Å². The normalized spacial score (nSPS) is 17.3. The lowest BCUT2D eigenvalue weighted by atomic mass is 10.2. The number of rotatable bonds is 5. The molecule has 0 unspecified atom stereocenters. The fraction of sp³-hybridized carbons (Fsp3) is 0.455. The molecule has 0 bridgehead atoms. The largest absolute Gasteiger partial charge is 0.342 e. The number of likely N-dealkylation sites (N-methyl/N-ethyl adjacent to an activating group) is 1. The molecule has 0 atom stereocenters. The van der Waals surface area contributed by atoms with E-state index in [4.69, 9.17) is 0 Å². The smallest absolute Gasteiger partial charge is 0.272 e. The topological polar surface area (TPSA) is 90.8 Å². The molecular weight excluding hydrogens is 396 g/mol. The van der Waals surface area contributed by atoms with Crippen molar-refractivity contribution in [1.82, 2.24) is 29.8 Å². The average Bonchev–Trinajstić information content (AvgIpc) is 3.16. The Hall–Kier alpha value is -3.20. The van der Waals surface area contributed by atoms with Gasteiger partial charge in [-0.3, -0.25) is 19.1 Å². The van der Waals surface area contributed by atoms with Crippen LogP contribution in [0, 0.1) is 0 Å². The molecule has 2 aliphatic heterocycles. The van der Waals surface area contributed by atoms with Gasteiger partial charge in [0, 0.05) is 51.9 Å². The summed E-state index contributed by atoms with van der Waals surface area (Å²) < 4.78 is 1.60. The van der Waals surface area contributed by atoms with Crippen molar-refractivity contribution in [3.63, 3.8) is 0 Å². The molecule has 2 aromatic rings. The predicted octanol–water partition coefficient (Wildman–Crippen LogP) is 0.433. The third-order valence-electron chi connectivity index (χ3n) is 5.79. The number of carbonyl (C=O) groups excluding carboxylic acids is 3. The van der Waals surface area contributed by atoms with E-state index in [0.29, 0.717) is 38.4 Å². The molecule has 9 heteroatoms. The van der Waals surface area contributed by atoms with Gasteiger partial charge in [-0.1, -0.05) is 30.3 Å². The lowest BCUT2D eigenvalue weighted by Crippen LogP contribution is -2.50. The minimum Gasteiger partial charge on any atom is -0.342 e. The number of amides is 3. The Morgan fingerprint density at radius 1 is 1.03 bits per heavy atom. The van der Waals surface area contributed by atoms with Crippen molar-refractivity contribution in [2.24, 2.45) is 0 Å². The van der Waals surface area contributed by atoms with E-state index in [1.807, 2.05) is 37.4 Å². The van der Waals surface area contributed by atoms with Crippen LogP contribution in [0.1, 0.15) is 33.0 Å². The Kier molecular flexibility index (Phi) is 6.31. The van der Waals surface area contributed by atoms with E-state index in [9.17, 15) is 14.4 Å². The number of aryl methyl sites for hydroxylation is 1. The summed E-state index contributed by atoms with van der Waals surface area (Å²) in [6.45, 7) is 4.64. The highest BCUT2D eigenvalue weighted by Crippen LogP contribution is 2.16. The summed E-state index contributed by atoms with van der Waals surface area (Å²) >= 11 is 0. The van der Waals surface area contributed by atoms with E-state index < -0.39 is 5.91 Å². The molecule has 0 radical (unpaired) electrons. The van der Waals surface area contributed by atoms with E-state index in [-0.39, 0.29) is 24.1 Å². The first kappa shape index (κ1) is 21.0. The molecule has 164 valence electrons. The number of hydrogen-bond donors (Lipinski definition) is 1. The van der Waals surface area contributed by atoms with E-state index in [1.165, 1.54) is 6.07 Å². The highest BCUT2D eigenvalue weighted by Gasteiger charge is 2.27. The first-order valence-corrected chi connectivity index (χ1v) is 10.7. The number of fused-ring (bicyclic) bond motifs is 1. The number of aromatic nitrogens is 2. The summed E-state index contributed by atoms with van der Waals surface area (Å²) in [5, 5.41) is 6.98. The summed E-state index contributed by atoms with van der Waals surface area (Å²) in [6.07, 6.45) is 0.760. The van der Waals surface area contributed by atoms with Gasteiger partial charge in [-0.05, 0) is 19.0 Å². The number of carbonyl (C=O) groups is 3. The molecule has 2 aliphatic rings. The van der Waals surface area contributed by atoms with Crippen LogP contribution in [-0.4, -0.2) is 88.5 Å². The number of piperazine rings is 1. The van der Waals surface area contributed by atoms with Crippen LogP contribution >= 0.6 is 0 Å². The Bertz CT molecular complexity index is 949. The molecular formula is C22H28N6O3. The van der Waals surface area contributed by atoms with Crippen molar-refractivity contribution in [1.29, 1.82) is 0 Å². The molecule has 0 saturated carbocycles. The standard InChI is InChI=1S/C22H28N6O3/c1-25-10-12-26(13-11-25)20(29)15-23-21(30)18-14-19-22(31)27(8-5-9-28(19)24-18)16-17-6-3-2-4-7-17/h2-4,6-7,14H,5,8-13,15-16H2,1H3,(H,23,30). The summed E-state index contributed by atoms with van der Waals surface area (Å²) in [5.41, 5.74) is 1.63. The molecule has 31 heavy (non-hydrogen) atoms. The van der Waals surface area contributed by atoms with Crippen LogP contribution < -0.4 is 5.32 Å². The second kappa shape index (κ2) is 9.30. The molecule has 1 fully saturated rings. The van der Waals surface area contributed by atoms with Gasteiger partial charge in [-0.25, -0.2) is 0 Å². The summed E-state index contributed by atoms with van der Waals surface area (Å²) in [7, 11) is 2.02. The predicted molar refractivity (Wildman–Crippen MR) is 114 cm³/mol. The molecule has 0 aliphatic carbocycles. The van der Waals surface area contributed by atoms with Crippen molar-refractivity contribution in [2.75, 3.05) is 46.3 Å². The Labute approximate surface area is 181 Å². The Balaban J connectivity index is 1.38. The number of nitrogens with one attached hydrogen (secondary N) is 1. The third kappa shape index (κ3) is 4.93. The summed E-state index contributed by atoms with van der Waals surface area (Å²) in [5.74, 6) is -0.681. The molecule has 3 heterocycles. The molecule has 1 aromatic carbocycles. The fourth-order valence-electron chi connectivity index (χ4n) is 3.91. The van der Waals surface area contributed by atoms with E-state index in [1.54, 1.807) is 14.5 Å². The van der Waals surface area contributed by atoms with E-state index in [0.717, 1.165) is 25.1 Å². The second-order valence-electron chi connectivity index (χ2n) is 8.07. The van der Waals surface area contributed by atoms with Gasteiger partial charge in [-0.15, -0.1) is 0 Å². The monoisotopic (exact) mass is 424 g/mol. The number of nitrogens with zero attached hydrogens (tertiary/aromatic N) is 5. The quantitative estimate of drug-likeness (QED) is 0.752. The van der Waals surface area contributed by atoms with Crippen molar-refractivity contribution in [3.05, 3.63) is 53.3 Å². The van der Waals surface area contributed by atoms with Crippen LogP contribution in [0.15, 0.2) is 36.4 Å². The second-order valence-corrected chi connectivity index (χ2v) is 8.07. The number of benzene rings is 1. The maximum atomic E-state index is 13.0. The maximum Gasteiger partial charge on any atom is 0.272 e. The first-order chi connectivity index (χ1) is 15.0.